The molecule has 2 heterocycles. The minimum absolute atomic E-state index is 0.00589. The second-order valence-electron chi connectivity index (χ2n) is 7.59. The summed E-state index contributed by atoms with van der Waals surface area (Å²) in [6.07, 6.45) is 5.22. The van der Waals surface area contributed by atoms with Gasteiger partial charge in [0.1, 0.15) is 0 Å². The molecule has 7 heteroatoms. The first-order chi connectivity index (χ1) is 13.5. The van der Waals surface area contributed by atoms with Gasteiger partial charge in [-0.1, -0.05) is 29.3 Å². The lowest BCUT2D eigenvalue weighted by atomic mass is 10.0. The summed E-state index contributed by atoms with van der Waals surface area (Å²) in [6, 6.07) is 5.34. The molecule has 0 radical (unpaired) electrons. The summed E-state index contributed by atoms with van der Waals surface area (Å²) in [5.74, 6) is -0.542. The molecule has 28 heavy (non-hydrogen) atoms. The van der Waals surface area contributed by atoms with Crippen LogP contribution < -0.4 is 5.32 Å². The molecule has 1 aromatic carbocycles. The van der Waals surface area contributed by atoms with Crippen LogP contribution in [0.25, 0.3) is 0 Å². The highest BCUT2D eigenvalue weighted by molar-refractivity contribution is 9.10. The van der Waals surface area contributed by atoms with Crippen LogP contribution in [0, 0.1) is 0 Å². The van der Waals surface area contributed by atoms with E-state index in [1.807, 2.05) is 0 Å². The van der Waals surface area contributed by atoms with Crippen LogP contribution in [-0.2, 0) is 4.79 Å². The number of carbonyl (C=O) groups is 3. The largest absolute Gasteiger partial charge is 0.353 e. The Morgan fingerprint density at radius 2 is 1.82 bits per heavy atom. The number of rotatable bonds is 8. The number of benzene rings is 1. The normalized spacial score (nSPS) is 17.9. The van der Waals surface area contributed by atoms with E-state index in [9.17, 15) is 14.4 Å². The summed E-state index contributed by atoms with van der Waals surface area (Å²) in [6.45, 7) is 5.69. The zero-order chi connectivity index (χ0) is 20.1. The Morgan fingerprint density at radius 3 is 2.54 bits per heavy atom. The zero-order valence-corrected chi connectivity index (χ0v) is 18.0. The number of likely N-dealkylation sites (tertiary alicyclic amines) is 1. The van der Waals surface area contributed by atoms with Gasteiger partial charge in [0.05, 0.1) is 11.1 Å². The van der Waals surface area contributed by atoms with E-state index in [0.717, 1.165) is 36.9 Å². The molecule has 1 fully saturated rings. The predicted octanol–water partition coefficient (Wildman–Crippen LogP) is 3.21. The van der Waals surface area contributed by atoms with Crippen molar-refractivity contribution in [2.45, 2.75) is 51.5 Å². The average molecular weight is 450 g/mol. The van der Waals surface area contributed by atoms with Gasteiger partial charge in [0.25, 0.3) is 11.8 Å². The molecule has 1 saturated heterocycles. The van der Waals surface area contributed by atoms with Crippen molar-refractivity contribution >= 4 is 33.7 Å². The molecule has 0 saturated carbocycles. The van der Waals surface area contributed by atoms with Gasteiger partial charge in [-0.3, -0.25) is 19.3 Å². The Bertz CT molecular complexity index is 744. The van der Waals surface area contributed by atoms with Crippen LogP contribution in [-0.4, -0.2) is 59.7 Å². The van der Waals surface area contributed by atoms with E-state index in [2.05, 4.69) is 33.1 Å². The van der Waals surface area contributed by atoms with Gasteiger partial charge in [0.2, 0.25) is 5.91 Å². The first-order valence-electron chi connectivity index (χ1n) is 10.2. The van der Waals surface area contributed by atoms with Crippen molar-refractivity contribution < 1.29 is 14.4 Å². The molecule has 1 N–H and O–H groups in total. The van der Waals surface area contributed by atoms with Crippen LogP contribution in [0.3, 0.4) is 0 Å². The van der Waals surface area contributed by atoms with Crippen LogP contribution in [0.15, 0.2) is 22.7 Å². The lowest BCUT2D eigenvalue weighted by Crippen LogP contribution is -2.45. The first-order valence-corrected chi connectivity index (χ1v) is 11.0. The second-order valence-corrected chi connectivity index (χ2v) is 8.51. The predicted molar refractivity (Wildman–Crippen MR) is 111 cm³/mol. The summed E-state index contributed by atoms with van der Waals surface area (Å²) in [5.41, 5.74) is 0.867. The number of amides is 3. The van der Waals surface area contributed by atoms with Crippen molar-refractivity contribution in [3.63, 3.8) is 0 Å². The fraction of sp³-hybridized carbons (Fsp3) is 0.571. The second kappa shape index (κ2) is 9.65. The van der Waals surface area contributed by atoms with Gasteiger partial charge in [-0.2, -0.15) is 0 Å². The van der Waals surface area contributed by atoms with E-state index in [4.69, 9.17) is 0 Å². The van der Waals surface area contributed by atoms with Crippen molar-refractivity contribution in [3.05, 3.63) is 33.8 Å². The molecule has 0 aliphatic carbocycles. The number of carbonyl (C=O) groups excluding carboxylic acids is 3. The van der Waals surface area contributed by atoms with E-state index in [0.29, 0.717) is 24.0 Å². The van der Waals surface area contributed by atoms with Crippen LogP contribution in [0.2, 0.25) is 0 Å². The number of hydrogen-bond acceptors (Lipinski definition) is 4. The number of nitrogens with zero attached hydrogens (tertiary/aromatic N) is 2. The molecule has 3 amide bonds. The molecular weight excluding hydrogens is 422 g/mol. The molecule has 2 aliphatic heterocycles. The standard InChI is InChI=1S/C21H28BrN3O3/c1-2-3-10-24-12-8-16(9-13-24)23-19(26)5-4-11-25-20(27)17-7-6-15(22)14-18(17)21(25)28/h6-7,14,16H,2-5,8-13H2,1H3,(H,23,26). The van der Waals surface area contributed by atoms with E-state index >= 15 is 0 Å². The highest BCUT2D eigenvalue weighted by Crippen LogP contribution is 2.26. The highest BCUT2D eigenvalue weighted by atomic mass is 79.9. The third kappa shape index (κ3) is 5.00. The van der Waals surface area contributed by atoms with Crippen LogP contribution in [0.5, 0.6) is 0 Å². The molecular formula is C21H28BrN3O3. The molecule has 6 nitrogen and oxygen atoms in total. The molecule has 3 rings (SSSR count). The highest BCUT2D eigenvalue weighted by Gasteiger charge is 2.35. The summed E-state index contributed by atoms with van der Waals surface area (Å²) in [4.78, 5) is 40.8. The fourth-order valence-corrected chi connectivity index (χ4v) is 4.21. The minimum atomic E-state index is -0.277. The van der Waals surface area contributed by atoms with Gasteiger partial charge >= 0.3 is 0 Å². The molecule has 0 aromatic heterocycles. The van der Waals surface area contributed by atoms with Crippen molar-refractivity contribution in [1.82, 2.24) is 15.1 Å². The van der Waals surface area contributed by atoms with Crippen LogP contribution in [0.4, 0.5) is 0 Å². The number of nitrogens with one attached hydrogen (secondary N) is 1. The maximum Gasteiger partial charge on any atom is 0.261 e. The van der Waals surface area contributed by atoms with Crippen molar-refractivity contribution in [1.29, 1.82) is 0 Å². The van der Waals surface area contributed by atoms with Gasteiger partial charge in [-0.15, -0.1) is 0 Å². The van der Waals surface area contributed by atoms with E-state index in [-0.39, 0.29) is 30.3 Å². The lowest BCUT2D eigenvalue weighted by molar-refractivity contribution is -0.122. The summed E-state index contributed by atoms with van der Waals surface area (Å²) >= 11 is 3.33. The van der Waals surface area contributed by atoms with Crippen molar-refractivity contribution in [2.24, 2.45) is 0 Å². The Labute approximate surface area is 174 Å². The van der Waals surface area contributed by atoms with Crippen LogP contribution >= 0.6 is 15.9 Å². The molecule has 2 aliphatic rings. The SMILES string of the molecule is CCCCN1CCC(NC(=O)CCCN2C(=O)c3ccc(Br)cc3C2=O)CC1. The molecule has 0 unspecified atom stereocenters. The monoisotopic (exact) mass is 449 g/mol. The Hall–Kier alpha value is -1.73. The third-order valence-electron chi connectivity index (χ3n) is 5.50. The molecule has 152 valence electrons. The Morgan fingerprint density at radius 1 is 1.11 bits per heavy atom. The molecule has 0 bridgehead atoms. The lowest BCUT2D eigenvalue weighted by Gasteiger charge is -2.32. The summed E-state index contributed by atoms with van der Waals surface area (Å²) in [7, 11) is 0. The topological polar surface area (TPSA) is 69.7 Å². The average Bonchev–Trinajstić information content (AvgIpc) is 2.91. The number of unbranched alkanes of at least 4 members (excludes halogenated alkanes) is 1. The van der Waals surface area contributed by atoms with Gasteiger partial charge in [0.15, 0.2) is 0 Å². The van der Waals surface area contributed by atoms with Crippen LogP contribution in [0.1, 0.15) is 66.2 Å². The third-order valence-corrected chi connectivity index (χ3v) is 5.99. The number of halogens is 1. The minimum Gasteiger partial charge on any atom is -0.353 e. The molecule has 1 aromatic rings. The number of fused-ring (bicyclic) bond motifs is 1. The number of hydrogen-bond donors (Lipinski definition) is 1. The summed E-state index contributed by atoms with van der Waals surface area (Å²) < 4.78 is 0.773. The smallest absolute Gasteiger partial charge is 0.261 e. The first kappa shape index (κ1) is 21.0. The van der Waals surface area contributed by atoms with Crippen molar-refractivity contribution in [3.8, 4) is 0 Å². The Kier molecular flexibility index (Phi) is 7.24. The Balaban J connectivity index is 1.39. The van der Waals surface area contributed by atoms with Gasteiger partial charge in [-0.25, -0.2) is 0 Å². The maximum absolute atomic E-state index is 12.4. The summed E-state index contributed by atoms with van der Waals surface area (Å²) in [5, 5.41) is 3.11. The number of piperidine rings is 1. The van der Waals surface area contributed by atoms with Gasteiger partial charge < -0.3 is 10.2 Å². The molecule has 0 atom stereocenters. The van der Waals surface area contributed by atoms with Gasteiger partial charge in [0, 0.05) is 36.6 Å². The fourth-order valence-electron chi connectivity index (χ4n) is 3.85. The van der Waals surface area contributed by atoms with E-state index < -0.39 is 0 Å². The quantitative estimate of drug-likeness (QED) is 0.618. The van der Waals surface area contributed by atoms with Gasteiger partial charge in [-0.05, 0) is 50.4 Å². The van der Waals surface area contributed by atoms with Crippen molar-refractivity contribution in [2.75, 3.05) is 26.2 Å². The number of imide groups is 1. The van der Waals surface area contributed by atoms with E-state index in [1.54, 1.807) is 18.2 Å². The van der Waals surface area contributed by atoms with E-state index in [1.165, 1.54) is 17.7 Å². The maximum atomic E-state index is 12.4. The zero-order valence-electron chi connectivity index (χ0n) is 16.4. The molecule has 0 spiro atoms.